The summed E-state index contributed by atoms with van der Waals surface area (Å²) in [7, 11) is 0. The highest BCUT2D eigenvalue weighted by atomic mass is 16.5. The molecule has 5 heteroatoms. The van der Waals surface area contributed by atoms with Crippen molar-refractivity contribution in [3.05, 3.63) is 24.3 Å². The van der Waals surface area contributed by atoms with E-state index in [1.54, 1.807) is 6.07 Å². The topological polar surface area (TPSA) is 87.6 Å². The predicted molar refractivity (Wildman–Crippen MR) is 69.5 cm³/mol. The third kappa shape index (κ3) is 5.54. The Hall–Kier alpha value is -1.75. The Kier molecular flexibility index (Phi) is 6.00. The molecule has 0 saturated carbocycles. The highest BCUT2D eigenvalue weighted by molar-refractivity contribution is 5.73. The summed E-state index contributed by atoms with van der Waals surface area (Å²) in [5.41, 5.74) is 10.4. The number of nitrogens with two attached hydrogens (primary N) is 2. The van der Waals surface area contributed by atoms with Gasteiger partial charge >= 0.3 is 0 Å². The van der Waals surface area contributed by atoms with Gasteiger partial charge in [-0.25, -0.2) is 0 Å². The fourth-order valence-electron chi connectivity index (χ4n) is 1.45. The van der Waals surface area contributed by atoms with Crippen molar-refractivity contribution in [3.63, 3.8) is 0 Å². The molecule has 4 N–H and O–H groups in total. The quantitative estimate of drug-likeness (QED) is 0.724. The van der Waals surface area contributed by atoms with Crippen molar-refractivity contribution in [2.24, 2.45) is 11.5 Å². The largest absolute Gasteiger partial charge is 0.492 e. The van der Waals surface area contributed by atoms with Gasteiger partial charge in [0.1, 0.15) is 18.1 Å². The molecule has 0 aliphatic rings. The molecule has 0 fully saturated rings. The van der Waals surface area contributed by atoms with Crippen LogP contribution in [-0.2, 0) is 4.79 Å². The van der Waals surface area contributed by atoms with Crippen molar-refractivity contribution in [2.75, 3.05) is 13.2 Å². The molecule has 0 aliphatic carbocycles. The average molecular weight is 252 g/mol. The molecule has 0 aromatic heterocycles. The molecule has 0 aliphatic heterocycles. The highest BCUT2D eigenvalue weighted by Gasteiger charge is 2.06. The number of amides is 1. The van der Waals surface area contributed by atoms with Crippen molar-refractivity contribution in [1.82, 2.24) is 0 Å². The van der Waals surface area contributed by atoms with Gasteiger partial charge in [-0.1, -0.05) is 6.07 Å². The fraction of sp³-hybridized carbons (Fsp3) is 0.462. The molecular weight excluding hydrogens is 232 g/mol. The minimum absolute atomic E-state index is 0.0674. The first kappa shape index (κ1) is 14.3. The van der Waals surface area contributed by atoms with Crippen LogP contribution >= 0.6 is 0 Å². The van der Waals surface area contributed by atoms with Gasteiger partial charge in [0.25, 0.3) is 0 Å². The molecule has 0 heterocycles. The van der Waals surface area contributed by atoms with Crippen LogP contribution in [0, 0.1) is 0 Å². The molecule has 1 atom stereocenters. The molecule has 0 bridgehead atoms. The van der Waals surface area contributed by atoms with E-state index in [4.69, 9.17) is 20.9 Å². The van der Waals surface area contributed by atoms with Crippen molar-refractivity contribution >= 4 is 5.91 Å². The third-order valence-corrected chi connectivity index (χ3v) is 2.33. The normalized spacial score (nSPS) is 11.9. The van der Waals surface area contributed by atoms with Crippen LogP contribution in [0.25, 0.3) is 0 Å². The molecule has 1 rings (SSSR count). The van der Waals surface area contributed by atoms with Crippen LogP contribution in [-0.4, -0.2) is 25.2 Å². The Labute approximate surface area is 107 Å². The van der Waals surface area contributed by atoms with Crippen molar-refractivity contribution < 1.29 is 14.3 Å². The first-order valence-electron chi connectivity index (χ1n) is 5.99. The fourth-order valence-corrected chi connectivity index (χ4v) is 1.45. The zero-order chi connectivity index (χ0) is 13.4. The van der Waals surface area contributed by atoms with Crippen LogP contribution in [0.2, 0.25) is 0 Å². The number of benzene rings is 1. The molecule has 1 unspecified atom stereocenters. The molecule has 1 aromatic rings. The van der Waals surface area contributed by atoms with E-state index in [2.05, 4.69) is 0 Å². The summed E-state index contributed by atoms with van der Waals surface area (Å²) in [5.74, 6) is 1.12. The molecule has 1 aromatic carbocycles. The van der Waals surface area contributed by atoms with E-state index in [0.29, 0.717) is 31.7 Å². The number of hydrogen-bond donors (Lipinski definition) is 2. The lowest BCUT2D eigenvalue weighted by atomic mass is 10.2. The van der Waals surface area contributed by atoms with Gasteiger partial charge in [-0.15, -0.1) is 0 Å². The molecule has 100 valence electrons. The van der Waals surface area contributed by atoms with Crippen LogP contribution in [0.5, 0.6) is 11.5 Å². The van der Waals surface area contributed by atoms with Gasteiger partial charge in [0, 0.05) is 19.0 Å². The summed E-state index contributed by atoms with van der Waals surface area (Å²) in [6, 6.07) is 7.34. The van der Waals surface area contributed by atoms with Gasteiger partial charge in [0.15, 0.2) is 0 Å². The summed E-state index contributed by atoms with van der Waals surface area (Å²) in [6.07, 6.45) is 0.857. The summed E-state index contributed by atoms with van der Waals surface area (Å²) in [5, 5.41) is 0. The summed E-state index contributed by atoms with van der Waals surface area (Å²) < 4.78 is 11.1. The monoisotopic (exact) mass is 252 g/mol. The van der Waals surface area contributed by atoms with Gasteiger partial charge in [0.2, 0.25) is 5.91 Å². The van der Waals surface area contributed by atoms with Gasteiger partial charge in [0.05, 0.1) is 6.10 Å². The van der Waals surface area contributed by atoms with Gasteiger partial charge in [-0.05, 0) is 25.5 Å². The Bertz CT molecular complexity index is 382. The lowest BCUT2D eigenvalue weighted by Crippen LogP contribution is -2.17. The summed E-state index contributed by atoms with van der Waals surface area (Å²) in [4.78, 5) is 10.7. The molecule has 0 radical (unpaired) electrons. The van der Waals surface area contributed by atoms with Crippen LogP contribution in [0.3, 0.4) is 0 Å². The van der Waals surface area contributed by atoms with Gasteiger partial charge in [-0.3, -0.25) is 4.79 Å². The van der Waals surface area contributed by atoms with E-state index in [1.165, 1.54) is 0 Å². The lowest BCUT2D eigenvalue weighted by molar-refractivity contribution is -0.118. The van der Waals surface area contributed by atoms with E-state index >= 15 is 0 Å². The zero-order valence-electron chi connectivity index (χ0n) is 10.6. The van der Waals surface area contributed by atoms with Gasteiger partial charge in [-0.2, -0.15) is 0 Å². The van der Waals surface area contributed by atoms with Crippen molar-refractivity contribution in [3.8, 4) is 11.5 Å². The summed E-state index contributed by atoms with van der Waals surface area (Å²) in [6.45, 7) is 2.84. The molecule has 5 nitrogen and oxygen atoms in total. The van der Waals surface area contributed by atoms with Gasteiger partial charge < -0.3 is 20.9 Å². The van der Waals surface area contributed by atoms with E-state index < -0.39 is 0 Å². The average Bonchev–Trinajstić information content (AvgIpc) is 2.34. The maximum absolute atomic E-state index is 10.7. The molecule has 18 heavy (non-hydrogen) atoms. The second-order valence-electron chi connectivity index (χ2n) is 4.05. The lowest BCUT2D eigenvalue weighted by Gasteiger charge is -2.14. The van der Waals surface area contributed by atoms with Crippen LogP contribution in [0.1, 0.15) is 19.8 Å². The van der Waals surface area contributed by atoms with Crippen LogP contribution < -0.4 is 20.9 Å². The number of hydrogen-bond acceptors (Lipinski definition) is 4. The second-order valence-corrected chi connectivity index (χ2v) is 4.05. The van der Waals surface area contributed by atoms with Crippen molar-refractivity contribution in [1.29, 1.82) is 0 Å². The second kappa shape index (κ2) is 7.55. The minimum Gasteiger partial charge on any atom is -0.492 e. The first-order chi connectivity index (χ1) is 8.61. The van der Waals surface area contributed by atoms with Crippen LogP contribution in [0.4, 0.5) is 0 Å². The number of carbonyl (C=O) groups excluding carboxylic acids is 1. The van der Waals surface area contributed by atoms with E-state index in [0.717, 1.165) is 5.75 Å². The van der Waals surface area contributed by atoms with Crippen molar-refractivity contribution in [2.45, 2.75) is 25.9 Å². The Balaban J connectivity index is 2.47. The number of rotatable bonds is 8. The van der Waals surface area contributed by atoms with E-state index in [9.17, 15) is 4.79 Å². The Morgan fingerprint density at radius 1 is 1.39 bits per heavy atom. The number of primary amides is 1. The third-order valence-electron chi connectivity index (χ3n) is 2.33. The first-order valence-corrected chi connectivity index (χ1v) is 5.99. The standard InChI is InChI=1S/C13H20N2O3/c1-10(5-6-13(15)16)18-12-4-2-3-11(9-12)17-8-7-14/h2-4,9-10H,5-8,14H2,1H3,(H2,15,16). The minimum atomic E-state index is -0.314. The number of ether oxygens (including phenoxy) is 2. The smallest absolute Gasteiger partial charge is 0.217 e. The van der Waals surface area contributed by atoms with E-state index in [1.807, 2.05) is 25.1 Å². The highest BCUT2D eigenvalue weighted by Crippen LogP contribution is 2.21. The summed E-state index contributed by atoms with van der Waals surface area (Å²) >= 11 is 0. The molecule has 0 saturated heterocycles. The molecular formula is C13H20N2O3. The molecule has 0 spiro atoms. The number of carbonyl (C=O) groups is 1. The Morgan fingerprint density at radius 3 is 2.78 bits per heavy atom. The van der Waals surface area contributed by atoms with E-state index in [-0.39, 0.29) is 12.0 Å². The SMILES string of the molecule is CC(CCC(N)=O)Oc1cccc(OCCN)c1. The maximum atomic E-state index is 10.7. The predicted octanol–water partition coefficient (Wildman–Crippen LogP) is 1.06. The Morgan fingerprint density at radius 2 is 2.11 bits per heavy atom. The zero-order valence-corrected chi connectivity index (χ0v) is 10.6. The maximum Gasteiger partial charge on any atom is 0.217 e. The molecule has 1 amide bonds. The van der Waals surface area contributed by atoms with Crippen LogP contribution in [0.15, 0.2) is 24.3 Å².